The zero-order valence-electron chi connectivity index (χ0n) is 50.5. The Morgan fingerprint density at radius 3 is 1.01 bits per heavy atom. The number of carbonyl (C=O) groups excluding carboxylic acids is 2. The summed E-state index contributed by atoms with van der Waals surface area (Å²) in [6.07, 6.45) is 82.1. The number of ether oxygens (including phenoxy) is 1. The van der Waals surface area contributed by atoms with E-state index >= 15 is 0 Å². The fourth-order valence-corrected chi connectivity index (χ4v) is 10.5. The van der Waals surface area contributed by atoms with Crippen molar-refractivity contribution in [1.29, 1.82) is 0 Å². The molecule has 2 atom stereocenters. The molecule has 6 nitrogen and oxygen atoms in total. The topological polar surface area (TPSA) is 95.9 Å². The summed E-state index contributed by atoms with van der Waals surface area (Å²) in [4.78, 5) is 24.5. The van der Waals surface area contributed by atoms with Crippen LogP contribution in [0.2, 0.25) is 0 Å². The lowest BCUT2D eigenvalue weighted by atomic mass is 10.0. The maximum Gasteiger partial charge on any atom is 0.305 e. The van der Waals surface area contributed by atoms with Gasteiger partial charge in [0.05, 0.1) is 25.4 Å². The van der Waals surface area contributed by atoms with Crippen LogP contribution in [0, 0.1) is 0 Å². The predicted octanol–water partition coefficient (Wildman–Crippen LogP) is 21.5. The first kappa shape index (κ1) is 73.1. The van der Waals surface area contributed by atoms with E-state index in [9.17, 15) is 19.8 Å². The molecule has 0 aliphatic heterocycles. The number of nitrogens with one attached hydrogen (secondary N) is 1. The van der Waals surface area contributed by atoms with E-state index in [2.05, 4.69) is 43.5 Å². The molecule has 0 aliphatic rings. The Labute approximate surface area is 468 Å². The Morgan fingerprint density at radius 1 is 0.373 bits per heavy atom. The molecule has 0 bridgehead atoms. The minimum absolute atomic E-state index is 0.0112. The average Bonchev–Trinajstić information content (AvgIpc) is 3.41. The van der Waals surface area contributed by atoms with Crippen molar-refractivity contribution >= 4 is 11.9 Å². The van der Waals surface area contributed by atoms with E-state index in [0.29, 0.717) is 19.4 Å². The molecule has 1 amide bonds. The van der Waals surface area contributed by atoms with Gasteiger partial charge in [-0.3, -0.25) is 9.59 Å². The third-order valence-corrected chi connectivity index (χ3v) is 15.7. The molecule has 0 fully saturated rings. The summed E-state index contributed by atoms with van der Waals surface area (Å²) in [5, 5.41) is 23.2. The number of allylic oxidation sites excluding steroid dienone is 5. The van der Waals surface area contributed by atoms with E-state index in [-0.39, 0.29) is 18.5 Å². The van der Waals surface area contributed by atoms with Gasteiger partial charge in [0, 0.05) is 12.8 Å². The van der Waals surface area contributed by atoms with Crippen molar-refractivity contribution in [2.24, 2.45) is 0 Å². The third kappa shape index (κ3) is 61.2. The molecule has 2 unspecified atom stereocenters. The minimum atomic E-state index is -0.847. The molecule has 0 saturated heterocycles. The van der Waals surface area contributed by atoms with E-state index in [1.54, 1.807) is 6.08 Å². The number of aliphatic hydroxyl groups excluding tert-OH is 2. The van der Waals surface area contributed by atoms with Gasteiger partial charge in [0.2, 0.25) is 5.91 Å². The molecular formula is C69H131NO5. The van der Waals surface area contributed by atoms with Gasteiger partial charge in [0.15, 0.2) is 0 Å². The van der Waals surface area contributed by atoms with Gasteiger partial charge in [-0.05, 0) is 64.2 Å². The van der Waals surface area contributed by atoms with Crippen molar-refractivity contribution in [2.75, 3.05) is 13.2 Å². The Kier molecular flexibility index (Phi) is 63.0. The van der Waals surface area contributed by atoms with Crippen LogP contribution in [0.4, 0.5) is 0 Å². The quantitative estimate of drug-likeness (QED) is 0.0320. The maximum absolute atomic E-state index is 12.5. The second kappa shape index (κ2) is 64.6. The van der Waals surface area contributed by atoms with Crippen molar-refractivity contribution in [3.8, 4) is 0 Å². The maximum atomic E-state index is 12.5. The van der Waals surface area contributed by atoms with Crippen LogP contribution in [-0.2, 0) is 14.3 Å². The molecular weight excluding hydrogens is 923 g/mol. The summed E-state index contributed by atoms with van der Waals surface area (Å²) in [6, 6.07) is -0.631. The van der Waals surface area contributed by atoms with Crippen LogP contribution in [0.15, 0.2) is 36.5 Å². The predicted molar refractivity (Wildman–Crippen MR) is 329 cm³/mol. The van der Waals surface area contributed by atoms with Crippen molar-refractivity contribution in [1.82, 2.24) is 5.32 Å². The summed E-state index contributed by atoms with van der Waals surface area (Å²) >= 11 is 0. The molecule has 6 heteroatoms. The third-order valence-electron chi connectivity index (χ3n) is 15.7. The number of hydrogen-bond donors (Lipinski definition) is 3. The second-order valence-corrected chi connectivity index (χ2v) is 23.2. The molecule has 75 heavy (non-hydrogen) atoms. The summed E-state index contributed by atoms with van der Waals surface area (Å²) < 4.78 is 5.47. The average molecular weight is 1050 g/mol. The minimum Gasteiger partial charge on any atom is -0.466 e. The van der Waals surface area contributed by atoms with Crippen molar-refractivity contribution in [2.45, 2.75) is 379 Å². The molecule has 0 radical (unpaired) electrons. The first-order chi connectivity index (χ1) is 37.0. The van der Waals surface area contributed by atoms with Gasteiger partial charge in [0.25, 0.3) is 0 Å². The van der Waals surface area contributed by atoms with Crippen molar-refractivity contribution in [3.05, 3.63) is 36.5 Å². The molecule has 0 rings (SSSR count). The van der Waals surface area contributed by atoms with Gasteiger partial charge in [-0.2, -0.15) is 0 Å². The lowest BCUT2D eigenvalue weighted by Crippen LogP contribution is -2.45. The molecule has 3 N–H and O–H groups in total. The molecule has 0 spiro atoms. The Morgan fingerprint density at radius 2 is 0.667 bits per heavy atom. The van der Waals surface area contributed by atoms with Crippen LogP contribution in [0.1, 0.15) is 367 Å². The highest BCUT2D eigenvalue weighted by Crippen LogP contribution is 2.18. The van der Waals surface area contributed by atoms with Crippen LogP contribution in [-0.4, -0.2) is 47.4 Å². The largest absolute Gasteiger partial charge is 0.466 e. The number of unbranched alkanes of at least 4 members (excludes halogenated alkanes) is 48. The standard InChI is InChI=1S/C69H131NO5/c1-3-5-7-9-11-13-15-17-18-19-29-32-35-38-41-45-49-53-57-61-67(72)66(65-71)70-68(73)62-58-54-50-46-42-39-36-33-30-27-25-23-21-20-22-24-26-28-31-34-37-40-44-48-52-56-60-64-75-69(74)63-59-55-51-47-43-16-14-12-10-8-6-4-2/h20-21,24,26,57,61,66-67,71-72H,3-19,22-23,25,27-56,58-60,62-65H2,1-2H3,(H,70,73)/b21-20-,26-24-,61-57+. The number of rotatable bonds is 63. The van der Waals surface area contributed by atoms with E-state index in [4.69, 9.17) is 4.74 Å². The Balaban J connectivity index is 3.45. The number of hydrogen-bond acceptors (Lipinski definition) is 5. The van der Waals surface area contributed by atoms with Gasteiger partial charge in [-0.15, -0.1) is 0 Å². The van der Waals surface area contributed by atoms with Crippen LogP contribution < -0.4 is 5.32 Å². The molecule has 0 aromatic rings. The van der Waals surface area contributed by atoms with Gasteiger partial charge < -0.3 is 20.3 Å². The molecule has 0 aromatic carbocycles. The SMILES string of the molecule is CCCCCCCCCCCCCCCCCCC/C=C/C(O)C(CO)NC(=O)CCCCCCCCCCCCC/C=C\C/C=C\CCCCCCCCCCCOC(=O)CCCCCCCCCCCCCC. The smallest absolute Gasteiger partial charge is 0.305 e. The fourth-order valence-electron chi connectivity index (χ4n) is 10.5. The first-order valence-electron chi connectivity index (χ1n) is 33.8. The Bertz CT molecular complexity index is 1210. The first-order valence-corrected chi connectivity index (χ1v) is 33.8. The fraction of sp³-hybridized carbons (Fsp3) is 0.884. The van der Waals surface area contributed by atoms with Crippen molar-refractivity contribution < 1.29 is 24.5 Å². The summed E-state index contributed by atoms with van der Waals surface area (Å²) in [7, 11) is 0. The van der Waals surface area contributed by atoms with Gasteiger partial charge >= 0.3 is 5.97 Å². The Hall–Kier alpha value is -1.92. The van der Waals surface area contributed by atoms with Crippen molar-refractivity contribution in [3.63, 3.8) is 0 Å². The highest BCUT2D eigenvalue weighted by atomic mass is 16.5. The number of aliphatic hydroxyl groups is 2. The van der Waals surface area contributed by atoms with Crippen LogP contribution >= 0.6 is 0 Å². The van der Waals surface area contributed by atoms with E-state index in [1.165, 1.54) is 295 Å². The summed E-state index contributed by atoms with van der Waals surface area (Å²) in [6.45, 7) is 4.93. The van der Waals surface area contributed by atoms with Crippen LogP contribution in [0.5, 0.6) is 0 Å². The number of esters is 1. The van der Waals surface area contributed by atoms with E-state index in [0.717, 1.165) is 44.9 Å². The normalized spacial score (nSPS) is 12.7. The van der Waals surface area contributed by atoms with E-state index < -0.39 is 12.1 Å². The second-order valence-electron chi connectivity index (χ2n) is 23.2. The molecule has 0 heterocycles. The monoisotopic (exact) mass is 1050 g/mol. The zero-order chi connectivity index (χ0) is 54.3. The van der Waals surface area contributed by atoms with Gasteiger partial charge in [-0.25, -0.2) is 0 Å². The molecule has 442 valence electrons. The summed E-state index contributed by atoms with van der Waals surface area (Å²) in [5.74, 6) is -0.0571. The van der Waals surface area contributed by atoms with Crippen LogP contribution in [0.25, 0.3) is 0 Å². The lowest BCUT2D eigenvalue weighted by Gasteiger charge is -2.20. The lowest BCUT2D eigenvalue weighted by molar-refractivity contribution is -0.143. The number of carbonyl (C=O) groups is 2. The molecule has 0 aliphatic carbocycles. The highest BCUT2D eigenvalue weighted by molar-refractivity contribution is 5.76. The van der Waals surface area contributed by atoms with E-state index in [1.807, 2.05) is 6.08 Å². The van der Waals surface area contributed by atoms with Crippen LogP contribution in [0.3, 0.4) is 0 Å². The summed E-state index contributed by atoms with van der Waals surface area (Å²) in [5.41, 5.74) is 0. The highest BCUT2D eigenvalue weighted by Gasteiger charge is 2.18. The van der Waals surface area contributed by atoms with Gasteiger partial charge in [-0.1, -0.05) is 326 Å². The zero-order valence-corrected chi connectivity index (χ0v) is 50.5. The molecule has 0 saturated carbocycles. The molecule has 0 aromatic heterocycles. The number of amides is 1. The van der Waals surface area contributed by atoms with Gasteiger partial charge in [0.1, 0.15) is 0 Å².